The Balaban J connectivity index is 0.000000157. The summed E-state index contributed by atoms with van der Waals surface area (Å²) in [5, 5.41) is 8.76. The van der Waals surface area contributed by atoms with Crippen molar-refractivity contribution in [2.24, 2.45) is 38.1 Å². The van der Waals surface area contributed by atoms with Crippen molar-refractivity contribution in [2.75, 3.05) is 42.9 Å². The first-order valence-electron chi connectivity index (χ1n) is 23.4. The Morgan fingerprint density at radius 1 is 0.606 bits per heavy atom. The first-order chi connectivity index (χ1) is 34.3. The number of hydrogen-bond acceptors (Lipinski definition) is 15. The second-order valence-corrected chi connectivity index (χ2v) is 19.3. The number of rotatable bonds is 18. The quantitative estimate of drug-likeness (QED) is 0.0455. The molecule has 3 atom stereocenters. The van der Waals surface area contributed by atoms with Gasteiger partial charge in [-0.25, -0.2) is 20.0 Å². The van der Waals surface area contributed by atoms with Crippen LogP contribution in [-0.2, 0) is 38.3 Å². The van der Waals surface area contributed by atoms with Gasteiger partial charge in [-0.3, -0.25) is 14.4 Å². The van der Waals surface area contributed by atoms with Gasteiger partial charge in [0.05, 0.1) is 34.4 Å². The molecule has 9 rings (SSSR count). The molecule has 1 fully saturated rings. The van der Waals surface area contributed by atoms with E-state index in [1.165, 1.54) is 42.4 Å². The highest BCUT2D eigenvalue weighted by molar-refractivity contribution is 7.18. The van der Waals surface area contributed by atoms with Gasteiger partial charge in [0.1, 0.15) is 25.5 Å². The van der Waals surface area contributed by atoms with E-state index in [4.69, 9.17) is 59.4 Å². The maximum Gasteiger partial charge on any atom is 0.282 e. The van der Waals surface area contributed by atoms with Crippen molar-refractivity contribution in [3.8, 4) is 5.75 Å². The molecule has 3 aliphatic heterocycles. The summed E-state index contributed by atoms with van der Waals surface area (Å²) in [7, 11) is 1.49. The first-order valence-corrected chi connectivity index (χ1v) is 24.9. The SMILES string of the molecule is COc1ccc(C(=O)Nc2ccc(CC[C@H]3COC(N)=N3)cc2)nc1Cl.NC1=N[C@@H](CCc2ccc(NC(=O)CCC3CC3)cc2)CO1.NC1=N[C@@H](CCc2ccc(NC(=O)c3ccc(Cl)s3)cc2)CO1. The average Bonchev–Trinajstić information content (AvgIpc) is 3.64. The normalized spacial score (nSPS) is 17.6. The molecule has 0 spiro atoms. The third kappa shape index (κ3) is 17.2. The van der Waals surface area contributed by atoms with Crippen LogP contribution < -0.4 is 37.9 Å². The number of benzene rings is 3. The second-order valence-electron chi connectivity index (χ2n) is 17.2. The summed E-state index contributed by atoms with van der Waals surface area (Å²) in [4.78, 5) is 53.4. The van der Waals surface area contributed by atoms with E-state index in [9.17, 15) is 14.4 Å². The van der Waals surface area contributed by atoms with Gasteiger partial charge in [-0.05, 0) is 128 Å². The van der Waals surface area contributed by atoms with Crippen LogP contribution in [0.25, 0.3) is 0 Å². The number of anilines is 3. The lowest BCUT2D eigenvalue weighted by atomic mass is 10.1. The maximum absolute atomic E-state index is 12.3. The highest BCUT2D eigenvalue weighted by atomic mass is 35.5. The van der Waals surface area contributed by atoms with Gasteiger partial charge in [0.15, 0.2) is 10.9 Å². The number of nitrogens with zero attached hydrogens (tertiary/aromatic N) is 4. The van der Waals surface area contributed by atoms with E-state index in [0.717, 1.165) is 67.8 Å². The zero-order valence-corrected chi connectivity index (χ0v) is 41.6. The minimum absolute atomic E-state index is 0.111. The van der Waals surface area contributed by atoms with E-state index in [2.05, 4.69) is 48.0 Å². The van der Waals surface area contributed by atoms with Gasteiger partial charge in [0, 0.05) is 23.5 Å². The molecule has 0 unspecified atom stereocenters. The number of aromatic nitrogens is 1. The highest BCUT2D eigenvalue weighted by Crippen LogP contribution is 2.33. The van der Waals surface area contributed by atoms with E-state index >= 15 is 0 Å². The van der Waals surface area contributed by atoms with Crippen LogP contribution in [0, 0.1) is 5.92 Å². The molecular weight excluding hydrogens is 968 g/mol. The number of carbonyl (C=O) groups is 3. The van der Waals surface area contributed by atoms with E-state index in [1.54, 1.807) is 24.3 Å². The number of aryl methyl sites for hydroxylation is 3. The number of ether oxygens (including phenoxy) is 4. The number of amidine groups is 3. The summed E-state index contributed by atoms with van der Waals surface area (Å²) < 4.78 is 21.0. The number of aliphatic imine (C=N–C) groups is 3. The minimum atomic E-state index is -0.338. The third-order valence-electron chi connectivity index (χ3n) is 11.7. The van der Waals surface area contributed by atoms with Crippen LogP contribution in [0.1, 0.15) is 81.8 Å². The van der Waals surface area contributed by atoms with Crippen LogP contribution in [0.3, 0.4) is 0 Å². The lowest BCUT2D eigenvalue weighted by molar-refractivity contribution is -0.116. The van der Waals surface area contributed by atoms with Crippen LogP contribution in [0.5, 0.6) is 5.75 Å². The van der Waals surface area contributed by atoms with E-state index in [0.29, 0.717) is 52.9 Å². The summed E-state index contributed by atoms with van der Waals surface area (Å²) >= 11 is 13.1. The standard InChI is InChI=1S/C18H19ClN4O3.C17H23N3O2.C16H16ClN3O2S/c1-25-15-9-8-14(23-16(15)19)17(24)21-12-5-2-11(3-6-12)4-7-13-10-26-18(20)22-13;18-17-20-15(11-22-17)9-5-13-3-7-14(8-4-13)19-16(21)10-6-12-1-2-12;17-14-8-7-13(23-14)15(21)19-11-4-1-10(2-5-11)3-6-12-9-22-16(18)20-12/h2-3,5-6,8-9,13H,4,7,10H2,1H3,(H2,20,22)(H,21,24);3-4,7-8,12,15H,1-2,5-6,9-11H2,(H2,18,20)(H,19,21);1-2,4-5,7-8,12H,3,6,9H2,(H2,18,20)(H,19,21)/t13-;15-;12-/m000/s1. The number of halogens is 2. The summed E-state index contributed by atoms with van der Waals surface area (Å²) in [5.74, 6) is 0.848. The molecule has 374 valence electrons. The van der Waals surface area contributed by atoms with Crippen molar-refractivity contribution in [3.05, 3.63) is 134 Å². The van der Waals surface area contributed by atoms with Crippen LogP contribution in [-0.4, -0.2) is 85.8 Å². The van der Waals surface area contributed by atoms with Crippen LogP contribution in [0.15, 0.2) is 112 Å². The van der Waals surface area contributed by atoms with E-state index < -0.39 is 0 Å². The van der Waals surface area contributed by atoms with E-state index in [-0.39, 0.29) is 58.7 Å². The Hall–Kier alpha value is -6.89. The Morgan fingerprint density at radius 3 is 1.44 bits per heavy atom. The summed E-state index contributed by atoms with van der Waals surface area (Å²) in [6.07, 6.45) is 9.60. The monoisotopic (exact) mass is 1020 g/mol. The highest BCUT2D eigenvalue weighted by Gasteiger charge is 2.22. The van der Waals surface area contributed by atoms with Gasteiger partial charge in [0.2, 0.25) is 5.91 Å². The smallest absolute Gasteiger partial charge is 0.282 e. The molecular formula is C51H58Cl2N10O7S. The number of carbonyl (C=O) groups excluding carboxylic acids is 3. The molecule has 0 bridgehead atoms. The van der Waals surface area contributed by atoms with Gasteiger partial charge in [-0.1, -0.05) is 72.4 Å². The molecule has 3 amide bonds. The van der Waals surface area contributed by atoms with E-state index in [1.807, 2.05) is 60.7 Å². The molecule has 1 aliphatic carbocycles. The van der Waals surface area contributed by atoms with Crippen molar-refractivity contribution < 1.29 is 33.3 Å². The number of methoxy groups -OCH3 is 1. The number of amides is 3. The molecule has 5 heterocycles. The zero-order valence-electron chi connectivity index (χ0n) is 39.3. The van der Waals surface area contributed by atoms with Gasteiger partial charge < -0.3 is 52.1 Å². The molecule has 4 aliphatic rings. The molecule has 71 heavy (non-hydrogen) atoms. The lowest BCUT2D eigenvalue weighted by Gasteiger charge is -2.08. The Labute approximate surface area is 426 Å². The molecule has 0 radical (unpaired) electrons. The van der Waals surface area contributed by atoms with Crippen molar-refractivity contribution in [1.82, 2.24) is 4.98 Å². The molecule has 3 aromatic carbocycles. The fourth-order valence-electron chi connectivity index (χ4n) is 7.51. The van der Waals surface area contributed by atoms with Gasteiger partial charge in [-0.2, -0.15) is 0 Å². The Bertz CT molecular complexity index is 2680. The maximum atomic E-state index is 12.3. The average molecular weight is 1030 g/mol. The second kappa shape index (κ2) is 25.8. The van der Waals surface area contributed by atoms with Crippen molar-refractivity contribution in [3.63, 3.8) is 0 Å². The third-order valence-corrected chi connectivity index (χ3v) is 13.2. The summed E-state index contributed by atoms with van der Waals surface area (Å²) in [6, 6.07) is 31.3. The molecule has 1 saturated carbocycles. The molecule has 5 aromatic rings. The fraction of sp³-hybridized carbons (Fsp3) is 0.353. The fourth-order valence-corrected chi connectivity index (χ4v) is 8.68. The molecule has 0 saturated heterocycles. The summed E-state index contributed by atoms with van der Waals surface area (Å²) in [5.41, 5.74) is 22.6. The number of hydrogen-bond donors (Lipinski definition) is 6. The number of pyridine rings is 1. The number of thiophene rings is 1. The lowest BCUT2D eigenvalue weighted by Crippen LogP contribution is -2.14. The number of nitrogens with one attached hydrogen (secondary N) is 3. The van der Waals surface area contributed by atoms with Crippen molar-refractivity contribution in [1.29, 1.82) is 0 Å². The van der Waals surface area contributed by atoms with Crippen LogP contribution in [0.4, 0.5) is 17.1 Å². The zero-order chi connectivity index (χ0) is 50.1. The topological polar surface area (TPSA) is 252 Å². The first kappa shape index (κ1) is 51.9. The Kier molecular flexibility index (Phi) is 18.9. The summed E-state index contributed by atoms with van der Waals surface area (Å²) in [6.45, 7) is 1.68. The van der Waals surface area contributed by atoms with Gasteiger partial charge in [0.25, 0.3) is 29.9 Å². The van der Waals surface area contributed by atoms with Crippen molar-refractivity contribution >= 4 is 87.4 Å². The van der Waals surface area contributed by atoms with Crippen LogP contribution >= 0.6 is 34.5 Å². The molecule has 9 N–H and O–H groups in total. The van der Waals surface area contributed by atoms with Crippen LogP contribution in [0.2, 0.25) is 9.49 Å². The Morgan fingerprint density at radius 2 is 1.06 bits per heavy atom. The predicted molar refractivity (Wildman–Crippen MR) is 280 cm³/mol. The number of nitrogens with two attached hydrogens (primary N) is 3. The molecule has 17 nitrogen and oxygen atoms in total. The molecule has 20 heteroatoms. The van der Waals surface area contributed by atoms with Crippen molar-refractivity contribution in [2.45, 2.75) is 82.3 Å². The van der Waals surface area contributed by atoms with Gasteiger partial charge >= 0.3 is 0 Å². The predicted octanol–water partition coefficient (Wildman–Crippen LogP) is 8.40. The minimum Gasteiger partial charge on any atom is -0.494 e. The van der Waals surface area contributed by atoms with Gasteiger partial charge in [-0.15, -0.1) is 11.3 Å². The molecule has 2 aromatic heterocycles. The largest absolute Gasteiger partial charge is 0.494 e.